The number of carbonyl (C=O) groups excluding carboxylic acids is 1. The molecular formula is C11H10BrN3O3S. The maximum Gasteiger partial charge on any atom is 0.271 e. The van der Waals surface area contributed by atoms with Gasteiger partial charge < -0.3 is 5.32 Å². The van der Waals surface area contributed by atoms with Crippen molar-refractivity contribution in [2.75, 3.05) is 12.3 Å². The van der Waals surface area contributed by atoms with Gasteiger partial charge in [0, 0.05) is 22.4 Å². The molecular weight excluding hydrogens is 334 g/mol. The lowest BCUT2D eigenvalue weighted by Gasteiger charge is -2.08. The summed E-state index contributed by atoms with van der Waals surface area (Å²) in [7, 11) is 0. The Balaban J connectivity index is 2.32. The number of benzene rings is 1. The van der Waals surface area contributed by atoms with Gasteiger partial charge in [-0.05, 0) is 12.5 Å². The van der Waals surface area contributed by atoms with E-state index in [9.17, 15) is 14.9 Å². The predicted molar refractivity (Wildman–Crippen MR) is 77.8 cm³/mol. The minimum Gasteiger partial charge on any atom is -0.301 e. The second-order valence-corrected chi connectivity index (χ2v) is 5.78. The van der Waals surface area contributed by atoms with E-state index in [2.05, 4.69) is 26.2 Å². The van der Waals surface area contributed by atoms with Gasteiger partial charge in [0.05, 0.1) is 17.0 Å². The highest BCUT2D eigenvalue weighted by Crippen LogP contribution is 2.26. The molecule has 1 amide bonds. The van der Waals surface area contributed by atoms with Crippen molar-refractivity contribution in [1.29, 1.82) is 0 Å². The maximum atomic E-state index is 12.1. The van der Waals surface area contributed by atoms with Gasteiger partial charge in [-0.25, -0.2) is 0 Å². The van der Waals surface area contributed by atoms with Gasteiger partial charge in [0.15, 0.2) is 5.17 Å². The van der Waals surface area contributed by atoms with Crippen molar-refractivity contribution in [3.8, 4) is 0 Å². The first kappa shape index (κ1) is 14.0. The molecule has 8 heteroatoms. The summed E-state index contributed by atoms with van der Waals surface area (Å²) in [5, 5.41) is 14.0. The Morgan fingerprint density at radius 3 is 2.89 bits per heavy atom. The minimum atomic E-state index is -0.525. The number of non-ortho nitro benzene ring substituents is 1. The van der Waals surface area contributed by atoms with Crippen molar-refractivity contribution in [3.63, 3.8) is 0 Å². The fraction of sp³-hybridized carbons (Fsp3) is 0.273. The molecule has 0 atom stereocenters. The highest BCUT2D eigenvalue weighted by Gasteiger charge is 2.19. The summed E-state index contributed by atoms with van der Waals surface area (Å²) in [5.41, 5.74) is 0.812. The van der Waals surface area contributed by atoms with Crippen molar-refractivity contribution >= 4 is 44.5 Å². The first-order valence-electron chi connectivity index (χ1n) is 5.42. The molecule has 0 radical (unpaired) electrons. The van der Waals surface area contributed by atoms with Crippen molar-refractivity contribution in [1.82, 2.24) is 5.32 Å². The lowest BCUT2D eigenvalue weighted by molar-refractivity contribution is -0.385. The number of amides is 1. The van der Waals surface area contributed by atoms with Crippen LogP contribution in [-0.2, 0) is 0 Å². The number of nitro groups is 1. The second-order valence-electron chi connectivity index (χ2n) is 3.85. The average Bonchev–Trinajstić information content (AvgIpc) is 2.84. The Bertz CT molecular complexity index is 589. The van der Waals surface area contributed by atoms with E-state index in [0.717, 1.165) is 5.75 Å². The van der Waals surface area contributed by atoms with E-state index < -0.39 is 4.92 Å². The first-order chi connectivity index (χ1) is 8.99. The molecule has 1 aromatic carbocycles. The molecule has 0 unspecified atom stereocenters. The van der Waals surface area contributed by atoms with Gasteiger partial charge in [-0.1, -0.05) is 27.7 Å². The largest absolute Gasteiger partial charge is 0.301 e. The van der Waals surface area contributed by atoms with Crippen LogP contribution in [0.5, 0.6) is 0 Å². The lowest BCUT2D eigenvalue weighted by atomic mass is 10.1. The number of hydrogen-bond donors (Lipinski definition) is 1. The Kier molecular flexibility index (Phi) is 4.20. The zero-order valence-corrected chi connectivity index (χ0v) is 12.4. The molecule has 0 saturated heterocycles. The van der Waals surface area contributed by atoms with Crippen molar-refractivity contribution < 1.29 is 9.72 Å². The quantitative estimate of drug-likeness (QED) is 0.660. The van der Waals surface area contributed by atoms with Crippen LogP contribution in [0.4, 0.5) is 5.69 Å². The molecule has 0 saturated carbocycles. The smallest absolute Gasteiger partial charge is 0.271 e. The molecule has 0 aliphatic carbocycles. The summed E-state index contributed by atoms with van der Waals surface area (Å²) in [6.45, 7) is 2.41. The molecule has 1 aliphatic heterocycles. The summed E-state index contributed by atoms with van der Waals surface area (Å²) in [6, 6.07) is 2.66. The van der Waals surface area contributed by atoms with Crippen LogP contribution >= 0.6 is 27.7 Å². The summed E-state index contributed by atoms with van der Waals surface area (Å²) in [6.07, 6.45) is 0. The second kappa shape index (κ2) is 5.70. The standard InChI is InChI=1S/C11H10BrN3O3S/c1-6-8(4-7(15(17)18)5-9(6)12)10(16)14-11-13-2-3-19-11/h4-5H,2-3H2,1H3,(H,13,14,16). The number of amidine groups is 1. The van der Waals surface area contributed by atoms with Gasteiger partial charge in [0.2, 0.25) is 0 Å². The molecule has 0 bridgehead atoms. The number of nitrogens with zero attached hydrogens (tertiary/aromatic N) is 2. The average molecular weight is 344 g/mol. The van der Waals surface area contributed by atoms with Crippen LogP contribution in [0.15, 0.2) is 21.6 Å². The molecule has 19 heavy (non-hydrogen) atoms. The maximum absolute atomic E-state index is 12.1. The van der Waals surface area contributed by atoms with E-state index in [0.29, 0.717) is 21.7 Å². The predicted octanol–water partition coefficient (Wildman–Crippen LogP) is 2.50. The van der Waals surface area contributed by atoms with E-state index >= 15 is 0 Å². The van der Waals surface area contributed by atoms with Gasteiger partial charge in [-0.3, -0.25) is 19.9 Å². The highest BCUT2D eigenvalue weighted by molar-refractivity contribution is 9.10. The Hall–Kier alpha value is -1.41. The Morgan fingerprint density at radius 1 is 1.58 bits per heavy atom. The normalized spacial score (nSPS) is 14.1. The Labute approximate surface area is 122 Å². The van der Waals surface area contributed by atoms with Crippen LogP contribution in [0, 0.1) is 17.0 Å². The summed E-state index contributed by atoms with van der Waals surface area (Å²) in [4.78, 5) is 26.5. The van der Waals surface area contributed by atoms with Gasteiger partial charge in [-0.2, -0.15) is 0 Å². The highest BCUT2D eigenvalue weighted by atomic mass is 79.9. The van der Waals surface area contributed by atoms with Crippen LogP contribution in [0.25, 0.3) is 0 Å². The monoisotopic (exact) mass is 343 g/mol. The SMILES string of the molecule is Cc1c(Br)cc([N+](=O)[O-])cc1C(=O)NC1=NCCS1. The summed E-state index contributed by atoms with van der Waals surface area (Å²) >= 11 is 4.68. The van der Waals surface area contributed by atoms with Crippen molar-refractivity contribution in [2.24, 2.45) is 4.99 Å². The molecule has 0 spiro atoms. The third-order valence-corrected chi connectivity index (χ3v) is 4.31. The number of nitro benzene ring substituents is 1. The van der Waals surface area contributed by atoms with Gasteiger partial charge in [0.25, 0.3) is 11.6 Å². The number of aliphatic imine (C=N–C) groups is 1. The van der Waals surface area contributed by atoms with Crippen LogP contribution < -0.4 is 5.32 Å². The van der Waals surface area contributed by atoms with E-state index in [4.69, 9.17) is 0 Å². The summed E-state index contributed by atoms with van der Waals surface area (Å²) in [5.74, 6) is 0.461. The lowest BCUT2D eigenvalue weighted by Crippen LogP contribution is -2.28. The third-order valence-electron chi connectivity index (χ3n) is 2.59. The molecule has 1 N–H and O–H groups in total. The number of thioether (sulfide) groups is 1. The zero-order valence-electron chi connectivity index (χ0n) is 9.97. The minimum absolute atomic E-state index is 0.122. The van der Waals surface area contributed by atoms with E-state index in [1.165, 1.54) is 23.9 Å². The van der Waals surface area contributed by atoms with Crippen molar-refractivity contribution in [3.05, 3.63) is 37.8 Å². The number of nitrogens with one attached hydrogen (secondary N) is 1. The zero-order chi connectivity index (χ0) is 14.0. The molecule has 1 aliphatic rings. The van der Waals surface area contributed by atoms with E-state index in [1.54, 1.807) is 6.92 Å². The van der Waals surface area contributed by atoms with Crippen LogP contribution in [0.1, 0.15) is 15.9 Å². The Morgan fingerprint density at radius 2 is 2.32 bits per heavy atom. The van der Waals surface area contributed by atoms with E-state index in [-0.39, 0.29) is 17.2 Å². The fourth-order valence-electron chi connectivity index (χ4n) is 1.58. The topological polar surface area (TPSA) is 84.6 Å². The number of rotatable bonds is 2. The van der Waals surface area contributed by atoms with Crippen molar-refractivity contribution in [2.45, 2.75) is 6.92 Å². The van der Waals surface area contributed by atoms with Crippen LogP contribution in [0.2, 0.25) is 0 Å². The number of carbonyl (C=O) groups is 1. The fourth-order valence-corrected chi connectivity index (χ4v) is 2.75. The number of hydrogen-bond acceptors (Lipinski definition) is 5. The summed E-state index contributed by atoms with van der Waals surface area (Å²) < 4.78 is 0.535. The number of halogens is 1. The van der Waals surface area contributed by atoms with Crippen LogP contribution in [0.3, 0.4) is 0 Å². The van der Waals surface area contributed by atoms with Crippen LogP contribution in [-0.4, -0.2) is 28.3 Å². The molecule has 1 heterocycles. The van der Waals surface area contributed by atoms with Gasteiger partial charge in [-0.15, -0.1) is 0 Å². The first-order valence-corrected chi connectivity index (χ1v) is 7.20. The van der Waals surface area contributed by atoms with Gasteiger partial charge >= 0.3 is 0 Å². The molecule has 0 fully saturated rings. The molecule has 100 valence electrons. The molecule has 0 aromatic heterocycles. The molecule has 1 aromatic rings. The molecule has 6 nitrogen and oxygen atoms in total. The van der Waals surface area contributed by atoms with Gasteiger partial charge in [0.1, 0.15) is 0 Å². The molecule has 2 rings (SSSR count). The third kappa shape index (κ3) is 3.13. The van der Waals surface area contributed by atoms with E-state index in [1.807, 2.05) is 0 Å².